The van der Waals surface area contributed by atoms with Crippen LogP contribution in [0.4, 0.5) is 5.69 Å². The summed E-state index contributed by atoms with van der Waals surface area (Å²) < 4.78 is 5.79. The average Bonchev–Trinajstić information content (AvgIpc) is 3.05. The summed E-state index contributed by atoms with van der Waals surface area (Å²) >= 11 is 0. The molecule has 26 heavy (non-hydrogen) atoms. The number of hydrogen-bond donors (Lipinski definition) is 0. The van der Waals surface area contributed by atoms with Gasteiger partial charge >= 0.3 is 0 Å². The molecule has 3 rings (SSSR count). The van der Waals surface area contributed by atoms with Crippen LogP contribution in [0.2, 0.25) is 0 Å². The van der Waals surface area contributed by atoms with Crippen molar-refractivity contribution in [1.82, 2.24) is 4.90 Å². The summed E-state index contributed by atoms with van der Waals surface area (Å²) in [5, 5.41) is 0. The number of nitrogens with zero attached hydrogens (tertiary/aromatic N) is 2. The van der Waals surface area contributed by atoms with Crippen LogP contribution in [0.1, 0.15) is 26.7 Å². The SMILES string of the molecule is CCN(CC)C(=O)C1CCC(=O)N1c1ccc(Oc2ccccc2)cc1. The van der Waals surface area contributed by atoms with Crippen LogP contribution in [0, 0.1) is 0 Å². The van der Waals surface area contributed by atoms with E-state index in [1.807, 2.05) is 68.4 Å². The topological polar surface area (TPSA) is 49.9 Å². The Bertz CT molecular complexity index is 755. The number of anilines is 1. The maximum absolute atomic E-state index is 12.8. The van der Waals surface area contributed by atoms with Crippen LogP contribution in [0.3, 0.4) is 0 Å². The van der Waals surface area contributed by atoms with E-state index >= 15 is 0 Å². The highest BCUT2D eigenvalue weighted by Gasteiger charge is 2.38. The number of amides is 2. The van der Waals surface area contributed by atoms with Gasteiger partial charge in [-0.15, -0.1) is 0 Å². The van der Waals surface area contributed by atoms with Crippen molar-refractivity contribution in [2.75, 3.05) is 18.0 Å². The molecule has 0 bridgehead atoms. The first-order chi connectivity index (χ1) is 12.6. The van der Waals surface area contributed by atoms with Crippen LogP contribution in [0.25, 0.3) is 0 Å². The van der Waals surface area contributed by atoms with Gasteiger partial charge in [0, 0.05) is 25.2 Å². The highest BCUT2D eigenvalue weighted by atomic mass is 16.5. The molecule has 1 unspecified atom stereocenters. The quantitative estimate of drug-likeness (QED) is 0.794. The fourth-order valence-corrected chi connectivity index (χ4v) is 3.29. The molecule has 0 N–H and O–H groups in total. The van der Waals surface area contributed by atoms with Gasteiger partial charge in [-0.3, -0.25) is 14.5 Å². The third kappa shape index (κ3) is 3.72. The average molecular weight is 352 g/mol. The lowest BCUT2D eigenvalue weighted by atomic mass is 10.1. The van der Waals surface area contributed by atoms with E-state index in [1.165, 1.54) is 0 Å². The molecule has 2 aromatic rings. The lowest BCUT2D eigenvalue weighted by Gasteiger charge is -2.29. The number of carbonyl (C=O) groups excluding carboxylic acids is 2. The fraction of sp³-hybridized carbons (Fsp3) is 0.333. The predicted molar refractivity (Wildman–Crippen MR) is 101 cm³/mol. The van der Waals surface area contributed by atoms with E-state index in [2.05, 4.69) is 0 Å². The standard InChI is InChI=1S/C21H24N2O3/c1-3-22(4-2)21(25)19-14-15-20(24)23(19)16-10-12-18(13-11-16)26-17-8-6-5-7-9-17/h5-13,19H,3-4,14-15H2,1-2H3. The maximum atomic E-state index is 12.8. The van der Waals surface area contributed by atoms with E-state index in [4.69, 9.17) is 4.74 Å². The molecule has 0 aliphatic carbocycles. The normalized spacial score (nSPS) is 16.6. The van der Waals surface area contributed by atoms with E-state index in [1.54, 1.807) is 9.80 Å². The minimum Gasteiger partial charge on any atom is -0.457 e. The van der Waals surface area contributed by atoms with Crippen LogP contribution in [-0.2, 0) is 9.59 Å². The molecule has 2 aromatic carbocycles. The Hall–Kier alpha value is -2.82. The zero-order chi connectivity index (χ0) is 18.5. The second kappa shape index (κ2) is 8.04. The van der Waals surface area contributed by atoms with Gasteiger partial charge in [0.05, 0.1) is 0 Å². The minimum absolute atomic E-state index is 0.00719. The van der Waals surface area contributed by atoms with Gasteiger partial charge in [0.2, 0.25) is 11.8 Å². The van der Waals surface area contributed by atoms with Gasteiger partial charge in [-0.1, -0.05) is 18.2 Å². The van der Waals surface area contributed by atoms with Gasteiger partial charge in [-0.05, 0) is 56.7 Å². The summed E-state index contributed by atoms with van der Waals surface area (Å²) in [5.41, 5.74) is 0.735. The van der Waals surface area contributed by atoms with Crippen LogP contribution >= 0.6 is 0 Å². The molecule has 0 aromatic heterocycles. The van der Waals surface area contributed by atoms with Crippen LogP contribution in [0.5, 0.6) is 11.5 Å². The molecule has 2 amide bonds. The van der Waals surface area contributed by atoms with Crippen molar-refractivity contribution in [2.24, 2.45) is 0 Å². The van der Waals surface area contributed by atoms with E-state index in [-0.39, 0.29) is 11.8 Å². The van der Waals surface area contributed by atoms with E-state index in [0.29, 0.717) is 31.7 Å². The smallest absolute Gasteiger partial charge is 0.245 e. The van der Waals surface area contributed by atoms with E-state index in [9.17, 15) is 9.59 Å². The lowest BCUT2D eigenvalue weighted by Crippen LogP contribution is -2.46. The molecule has 1 aliphatic heterocycles. The molecule has 1 atom stereocenters. The van der Waals surface area contributed by atoms with E-state index in [0.717, 1.165) is 11.4 Å². The Morgan fingerprint density at radius 2 is 1.65 bits per heavy atom. The molecule has 1 saturated heterocycles. The van der Waals surface area contributed by atoms with Crippen molar-refractivity contribution < 1.29 is 14.3 Å². The van der Waals surface area contributed by atoms with Crippen LogP contribution in [0.15, 0.2) is 54.6 Å². The Morgan fingerprint density at radius 1 is 1.04 bits per heavy atom. The summed E-state index contributed by atoms with van der Waals surface area (Å²) in [5.74, 6) is 1.46. The zero-order valence-electron chi connectivity index (χ0n) is 15.2. The monoisotopic (exact) mass is 352 g/mol. The highest BCUT2D eigenvalue weighted by molar-refractivity contribution is 6.03. The Labute approximate surface area is 154 Å². The highest BCUT2D eigenvalue weighted by Crippen LogP contribution is 2.30. The van der Waals surface area contributed by atoms with Crippen molar-refractivity contribution in [3.05, 3.63) is 54.6 Å². The largest absolute Gasteiger partial charge is 0.457 e. The second-order valence-electron chi connectivity index (χ2n) is 6.24. The minimum atomic E-state index is -0.414. The second-order valence-corrected chi connectivity index (χ2v) is 6.24. The van der Waals surface area contributed by atoms with Crippen molar-refractivity contribution in [3.8, 4) is 11.5 Å². The lowest BCUT2D eigenvalue weighted by molar-refractivity contribution is -0.132. The van der Waals surface area contributed by atoms with Gasteiger partial charge in [-0.25, -0.2) is 0 Å². The maximum Gasteiger partial charge on any atom is 0.245 e. The first-order valence-electron chi connectivity index (χ1n) is 9.07. The first kappa shape index (κ1) is 18.0. The van der Waals surface area contributed by atoms with Gasteiger partial charge < -0.3 is 9.64 Å². The molecule has 1 fully saturated rings. The number of para-hydroxylation sites is 1. The third-order valence-corrected chi connectivity index (χ3v) is 4.67. The van der Waals surface area contributed by atoms with Crippen LogP contribution in [-0.4, -0.2) is 35.8 Å². The molecule has 1 heterocycles. The number of rotatable bonds is 6. The van der Waals surface area contributed by atoms with Gasteiger partial charge in [0.25, 0.3) is 0 Å². The molecule has 0 spiro atoms. The molecular weight excluding hydrogens is 328 g/mol. The third-order valence-electron chi connectivity index (χ3n) is 4.67. The van der Waals surface area contributed by atoms with Crippen molar-refractivity contribution in [3.63, 3.8) is 0 Å². The molecule has 0 radical (unpaired) electrons. The number of benzene rings is 2. The van der Waals surface area contributed by atoms with Crippen molar-refractivity contribution in [2.45, 2.75) is 32.7 Å². The molecular formula is C21H24N2O3. The van der Waals surface area contributed by atoms with E-state index < -0.39 is 6.04 Å². The summed E-state index contributed by atoms with van der Waals surface area (Å²) in [6.45, 7) is 5.21. The number of carbonyl (C=O) groups is 2. The van der Waals surface area contributed by atoms with Gasteiger partial charge in [-0.2, -0.15) is 0 Å². The number of ether oxygens (including phenoxy) is 1. The molecule has 5 heteroatoms. The molecule has 5 nitrogen and oxygen atoms in total. The van der Waals surface area contributed by atoms with Crippen molar-refractivity contribution in [1.29, 1.82) is 0 Å². The van der Waals surface area contributed by atoms with Crippen molar-refractivity contribution >= 4 is 17.5 Å². The Kier molecular flexibility index (Phi) is 5.56. The zero-order valence-corrected chi connectivity index (χ0v) is 15.2. The molecule has 1 aliphatic rings. The van der Waals surface area contributed by atoms with Crippen LogP contribution < -0.4 is 9.64 Å². The summed E-state index contributed by atoms with van der Waals surface area (Å²) in [6, 6.07) is 16.4. The molecule has 136 valence electrons. The summed E-state index contributed by atoms with van der Waals surface area (Å²) in [4.78, 5) is 28.6. The molecule has 0 saturated carbocycles. The summed E-state index contributed by atoms with van der Waals surface area (Å²) in [6.07, 6.45) is 0.969. The first-order valence-corrected chi connectivity index (χ1v) is 9.07. The fourth-order valence-electron chi connectivity index (χ4n) is 3.29. The Balaban J connectivity index is 1.78. The summed E-state index contributed by atoms with van der Waals surface area (Å²) in [7, 11) is 0. The van der Waals surface area contributed by atoms with Gasteiger partial charge in [0.15, 0.2) is 0 Å². The Morgan fingerprint density at radius 3 is 2.27 bits per heavy atom. The number of hydrogen-bond acceptors (Lipinski definition) is 3. The van der Waals surface area contributed by atoms with Gasteiger partial charge in [0.1, 0.15) is 17.5 Å². The number of likely N-dealkylation sites (N-methyl/N-ethyl adjacent to an activating group) is 1. The predicted octanol–water partition coefficient (Wildman–Crippen LogP) is 3.84.